The van der Waals surface area contributed by atoms with Crippen LogP contribution in [0.4, 0.5) is 0 Å². The normalized spacial score (nSPS) is 16.6. The maximum Gasteiger partial charge on any atom is 0.255 e. The molecule has 0 radical (unpaired) electrons. The van der Waals surface area contributed by atoms with Crippen molar-refractivity contribution in [1.29, 1.82) is 0 Å². The number of hydrogen-bond acceptors (Lipinski definition) is 6. The van der Waals surface area contributed by atoms with E-state index in [-0.39, 0.29) is 11.8 Å². The zero-order valence-electron chi connectivity index (χ0n) is 16.6. The molecule has 0 fully saturated rings. The van der Waals surface area contributed by atoms with Gasteiger partial charge in [-0.15, -0.1) is 5.10 Å². The number of pyridine rings is 1. The summed E-state index contributed by atoms with van der Waals surface area (Å²) in [6.07, 6.45) is 2.52. The van der Waals surface area contributed by atoms with Crippen molar-refractivity contribution < 1.29 is 9.53 Å². The van der Waals surface area contributed by atoms with Crippen LogP contribution in [0, 0.1) is 0 Å². The van der Waals surface area contributed by atoms with Gasteiger partial charge < -0.3 is 14.5 Å². The van der Waals surface area contributed by atoms with Crippen LogP contribution < -0.4 is 0 Å². The Bertz CT molecular complexity index is 771. The zero-order valence-corrected chi connectivity index (χ0v) is 16.6. The summed E-state index contributed by atoms with van der Waals surface area (Å²) in [4.78, 5) is 21.2. The molecule has 1 aliphatic rings. The number of fused-ring (bicyclic) bond motifs is 1. The Morgan fingerprint density at radius 3 is 2.85 bits per heavy atom. The summed E-state index contributed by atoms with van der Waals surface area (Å²) in [6.45, 7) is 5.15. The van der Waals surface area contributed by atoms with E-state index in [2.05, 4.69) is 20.2 Å². The topological polar surface area (TPSA) is 76.4 Å². The fraction of sp³-hybridized carbons (Fsp3) is 0.579. The van der Waals surface area contributed by atoms with E-state index in [1.54, 1.807) is 10.9 Å². The number of likely N-dealkylation sites (N-methyl/N-ethyl adjacent to an activating group) is 1. The Hall–Kier alpha value is -2.32. The number of ether oxygens (including phenoxy) is 1. The van der Waals surface area contributed by atoms with Crippen molar-refractivity contribution in [3.63, 3.8) is 0 Å². The summed E-state index contributed by atoms with van der Waals surface area (Å²) in [5, 5.41) is 8.40. The number of rotatable bonds is 7. The second-order valence-corrected chi connectivity index (χ2v) is 7.20. The van der Waals surface area contributed by atoms with Gasteiger partial charge in [0, 0.05) is 37.9 Å². The number of amides is 1. The average Bonchev–Trinajstić information content (AvgIpc) is 3.05. The van der Waals surface area contributed by atoms with Gasteiger partial charge in [0.15, 0.2) is 0 Å². The van der Waals surface area contributed by atoms with Crippen LogP contribution in [0.25, 0.3) is 0 Å². The highest BCUT2D eigenvalue weighted by molar-refractivity contribution is 5.94. The number of carbonyl (C=O) groups is 1. The lowest BCUT2D eigenvalue weighted by molar-refractivity contribution is 0.0613. The first-order valence-electron chi connectivity index (χ1n) is 9.34. The standard InChI is InChI=1S/C19H28N6O2/c1-5-16-7-6-14(10-20-16)19(26)25-11-15(13-27-9-8-23(2)3)18-17(12-25)21-22-24(18)4/h6-7,10,15H,5,8-9,11-13H2,1-4H3. The van der Waals surface area contributed by atoms with E-state index in [4.69, 9.17) is 4.74 Å². The van der Waals surface area contributed by atoms with E-state index in [0.29, 0.717) is 31.9 Å². The van der Waals surface area contributed by atoms with Gasteiger partial charge in [-0.2, -0.15) is 0 Å². The first kappa shape index (κ1) is 19.4. The Balaban J connectivity index is 1.73. The van der Waals surface area contributed by atoms with Crippen molar-refractivity contribution in [2.75, 3.05) is 40.4 Å². The van der Waals surface area contributed by atoms with Crippen molar-refractivity contribution in [2.24, 2.45) is 7.05 Å². The van der Waals surface area contributed by atoms with Crippen LogP contribution in [0.5, 0.6) is 0 Å². The van der Waals surface area contributed by atoms with E-state index in [0.717, 1.165) is 30.0 Å². The zero-order chi connectivity index (χ0) is 19.4. The molecule has 0 bridgehead atoms. The molecule has 1 unspecified atom stereocenters. The molecule has 0 saturated carbocycles. The Morgan fingerprint density at radius 2 is 2.19 bits per heavy atom. The molecule has 0 N–H and O–H groups in total. The molecule has 3 rings (SSSR count). The lowest BCUT2D eigenvalue weighted by atomic mass is 9.98. The maximum atomic E-state index is 13.0. The molecule has 0 saturated heterocycles. The summed E-state index contributed by atoms with van der Waals surface area (Å²) in [5.74, 6) is 0.0301. The second kappa shape index (κ2) is 8.58. The van der Waals surface area contributed by atoms with Gasteiger partial charge in [0.1, 0.15) is 5.69 Å². The number of carbonyl (C=O) groups excluding carboxylic acids is 1. The van der Waals surface area contributed by atoms with Gasteiger partial charge in [-0.3, -0.25) is 14.5 Å². The first-order chi connectivity index (χ1) is 13.0. The molecule has 2 aromatic heterocycles. The fourth-order valence-electron chi connectivity index (χ4n) is 3.32. The predicted octanol–water partition coefficient (Wildman–Crippen LogP) is 1.09. The van der Waals surface area contributed by atoms with Gasteiger partial charge in [-0.25, -0.2) is 0 Å². The quantitative estimate of drug-likeness (QED) is 0.677. The molecule has 1 atom stereocenters. The molecule has 8 nitrogen and oxygen atoms in total. The van der Waals surface area contributed by atoms with Gasteiger partial charge in [0.25, 0.3) is 5.91 Å². The number of nitrogens with zero attached hydrogens (tertiary/aromatic N) is 6. The van der Waals surface area contributed by atoms with Crippen molar-refractivity contribution >= 4 is 5.91 Å². The minimum absolute atomic E-state index is 0.0280. The van der Waals surface area contributed by atoms with Crippen LogP contribution in [0.3, 0.4) is 0 Å². The Kier molecular flexibility index (Phi) is 6.18. The molecule has 0 aliphatic carbocycles. The number of hydrogen-bond donors (Lipinski definition) is 0. The van der Waals surface area contributed by atoms with Crippen molar-refractivity contribution in [3.8, 4) is 0 Å². The van der Waals surface area contributed by atoms with E-state index < -0.39 is 0 Å². The number of aryl methyl sites for hydroxylation is 2. The highest BCUT2D eigenvalue weighted by Crippen LogP contribution is 2.27. The van der Waals surface area contributed by atoms with Gasteiger partial charge in [0.05, 0.1) is 31.0 Å². The van der Waals surface area contributed by atoms with Crippen molar-refractivity contribution in [1.82, 2.24) is 29.8 Å². The van der Waals surface area contributed by atoms with Crippen LogP contribution in [0.2, 0.25) is 0 Å². The summed E-state index contributed by atoms with van der Waals surface area (Å²) in [6, 6.07) is 3.76. The summed E-state index contributed by atoms with van der Waals surface area (Å²) < 4.78 is 7.67. The summed E-state index contributed by atoms with van der Waals surface area (Å²) >= 11 is 0. The first-order valence-corrected chi connectivity index (χ1v) is 9.34. The average molecular weight is 372 g/mol. The van der Waals surface area contributed by atoms with Crippen LogP contribution in [0.15, 0.2) is 18.3 Å². The lowest BCUT2D eigenvalue weighted by Gasteiger charge is -2.32. The van der Waals surface area contributed by atoms with Gasteiger partial charge >= 0.3 is 0 Å². The highest BCUT2D eigenvalue weighted by atomic mass is 16.5. The smallest absolute Gasteiger partial charge is 0.255 e. The SMILES string of the molecule is CCc1ccc(C(=O)N2Cc3nnn(C)c3C(COCCN(C)C)C2)cn1. The molecule has 27 heavy (non-hydrogen) atoms. The van der Waals surface area contributed by atoms with Gasteiger partial charge in [0.2, 0.25) is 0 Å². The third-order valence-corrected chi connectivity index (χ3v) is 4.84. The van der Waals surface area contributed by atoms with Gasteiger partial charge in [-0.05, 0) is 32.6 Å². The largest absolute Gasteiger partial charge is 0.379 e. The Morgan fingerprint density at radius 1 is 1.37 bits per heavy atom. The third-order valence-electron chi connectivity index (χ3n) is 4.84. The third kappa shape index (κ3) is 4.51. The van der Waals surface area contributed by atoms with Gasteiger partial charge in [-0.1, -0.05) is 12.1 Å². The maximum absolute atomic E-state index is 13.0. The minimum Gasteiger partial charge on any atom is -0.379 e. The van der Waals surface area contributed by atoms with Crippen molar-refractivity contribution in [2.45, 2.75) is 25.8 Å². The molecule has 8 heteroatoms. The molecule has 146 valence electrons. The van der Waals surface area contributed by atoms with Crippen LogP contribution in [-0.4, -0.2) is 76.1 Å². The fourth-order valence-corrected chi connectivity index (χ4v) is 3.32. The van der Waals surface area contributed by atoms with E-state index in [1.165, 1.54) is 0 Å². The second-order valence-electron chi connectivity index (χ2n) is 7.20. The summed E-state index contributed by atoms with van der Waals surface area (Å²) in [7, 11) is 5.93. The van der Waals surface area contributed by atoms with Crippen LogP contribution in [-0.2, 0) is 24.8 Å². The van der Waals surface area contributed by atoms with Crippen LogP contribution >= 0.6 is 0 Å². The lowest BCUT2D eigenvalue weighted by Crippen LogP contribution is -2.40. The Labute approximate surface area is 160 Å². The molecule has 3 heterocycles. The molecule has 1 amide bonds. The molecule has 0 aromatic carbocycles. The summed E-state index contributed by atoms with van der Waals surface area (Å²) in [5.41, 5.74) is 3.49. The van der Waals surface area contributed by atoms with E-state index in [1.807, 2.05) is 45.1 Å². The minimum atomic E-state index is -0.0280. The van der Waals surface area contributed by atoms with Crippen LogP contribution in [0.1, 0.15) is 40.3 Å². The molecule has 1 aliphatic heterocycles. The molecule has 0 spiro atoms. The monoisotopic (exact) mass is 372 g/mol. The number of aromatic nitrogens is 4. The predicted molar refractivity (Wildman–Crippen MR) is 101 cm³/mol. The molecular weight excluding hydrogens is 344 g/mol. The van der Waals surface area contributed by atoms with E-state index in [9.17, 15) is 4.79 Å². The molecular formula is C19H28N6O2. The molecule has 2 aromatic rings. The van der Waals surface area contributed by atoms with E-state index >= 15 is 0 Å². The van der Waals surface area contributed by atoms with Crippen molar-refractivity contribution in [3.05, 3.63) is 41.0 Å². The highest BCUT2D eigenvalue weighted by Gasteiger charge is 2.33.